The number of phenolic OH excluding ortho intramolecular Hbond substituents is 2. The van der Waals surface area contributed by atoms with Crippen molar-refractivity contribution in [2.45, 2.75) is 95.2 Å². The Morgan fingerprint density at radius 1 is 0.623 bits per heavy atom. The average molecular weight is 761 g/mol. The number of carbonyl (C=O) groups is 3. The molecule has 0 bridgehead atoms. The van der Waals surface area contributed by atoms with Crippen molar-refractivity contribution in [2.24, 2.45) is 0 Å². The Labute approximate surface area is 305 Å². The van der Waals surface area contributed by atoms with Gasteiger partial charge in [-0.15, -0.1) is 0 Å². The highest BCUT2D eigenvalue weighted by molar-refractivity contribution is 5.81. The molecule has 1 heterocycles. The number of ketones is 1. The molecule has 8 atom stereocenters. The van der Waals surface area contributed by atoms with Crippen LogP contribution in [0.1, 0.15) is 38.8 Å². The molecule has 0 aliphatic carbocycles. The molecule has 14 N–H and O–H groups in total. The molecule has 2 amide bonds. The second kappa shape index (κ2) is 22.2. The molecule has 0 radical (unpaired) electrons. The van der Waals surface area contributed by atoms with E-state index in [2.05, 4.69) is 10.6 Å². The molecule has 3 rings (SSSR count). The molecule has 1 aliphatic heterocycles. The summed E-state index contributed by atoms with van der Waals surface area (Å²) in [6.45, 7) is 5.23. The summed E-state index contributed by atoms with van der Waals surface area (Å²) >= 11 is 0. The van der Waals surface area contributed by atoms with Gasteiger partial charge < -0.3 is 86.2 Å². The van der Waals surface area contributed by atoms with Crippen LogP contribution in [-0.4, -0.2) is 160 Å². The lowest BCUT2D eigenvalue weighted by molar-refractivity contribution is -0.149. The van der Waals surface area contributed by atoms with E-state index in [9.17, 15) is 55.2 Å². The van der Waals surface area contributed by atoms with Crippen LogP contribution in [0.25, 0.3) is 0 Å². The number of aliphatic hydroxyl groups is 10. The molecule has 0 saturated carbocycles. The van der Waals surface area contributed by atoms with Gasteiger partial charge in [-0.25, -0.2) is 0 Å². The molecular weight excluding hydrogens is 708 g/mol. The average Bonchev–Trinajstić information content (AvgIpc) is 3.43. The zero-order valence-electron chi connectivity index (χ0n) is 29.7. The van der Waals surface area contributed by atoms with Gasteiger partial charge in [-0.1, -0.05) is 12.1 Å². The van der Waals surface area contributed by atoms with Gasteiger partial charge in [-0.3, -0.25) is 9.59 Å². The minimum atomic E-state index is -1.99. The van der Waals surface area contributed by atoms with E-state index in [1.165, 1.54) is 32.0 Å². The molecule has 19 heteroatoms. The predicted octanol–water partition coefficient (Wildman–Crippen LogP) is -3.92. The smallest absolute Gasteiger partial charge is 0.251 e. The summed E-state index contributed by atoms with van der Waals surface area (Å²) < 4.78 is 11.2. The third kappa shape index (κ3) is 15.8. The van der Waals surface area contributed by atoms with Gasteiger partial charge in [0, 0.05) is 26.9 Å². The number of hydrogen-bond acceptors (Lipinski definition) is 17. The van der Waals surface area contributed by atoms with Gasteiger partial charge in [0.1, 0.15) is 42.4 Å². The Bertz CT molecular complexity index is 1450. The predicted molar refractivity (Wildman–Crippen MR) is 184 cm³/mol. The number of fused-ring (bicyclic) bond motifs is 1. The van der Waals surface area contributed by atoms with Crippen LogP contribution < -0.4 is 20.1 Å². The largest absolute Gasteiger partial charge is 0.504 e. The molecule has 8 unspecified atom stereocenters. The van der Waals surface area contributed by atoms with Gasteiger partial charge in [0.15, 0.2) is 35.2 Å². The van der Waals surface area contributed by atoms with Crippen LogP contribution in [0.3, 0.4) is 0 Å². The van der Waals surface area contributed by atoms with Gasteiger partial charge in [0.2, 0.25) is 5.79 Å². The van der Waals surface area contributed by atoms with Gasteiger partial charge in [0.05, 0.1) is 13.2 Å². The number of nitrogens with one attached hydrogen (secondary N) is 2. The fourth-order valence-corrected chi connectivity index (χ4v) is 4.37. The molecule has 300 valence electrons. The van der Waals surface area contributed by atoms with Crippen molar-refractivity contribution < 1.29 is 85.1 Å². The Morgan fingerprint density at radius 3 is 1.43 bits per heavy atom. The topological polar surface area (TPSA) is 336 Å². The molecule has 0 saturated heterocycles. The van der Waals surface area contributed by atoms with Crippen LogP contribution in [0.4, 0.5) is 0 Å². The van der Waals surface area contributed by atoms with Crippen LogP contribution in [0, 0.1) is 0 Å². The van der Waals surface area contributed by atoms with E-state index >= 15 is 0 Å². The van der Waals surface area contributed by atoms with Gasteiger partial charge >= 0.3 is 0 Å². The highest BCUT2D eigenvalue weighted by Gasteiger charge is 2.35. The van der Waals surface area contributed by atoms with Crippen molar-refractivity contribution in [1.29, 1.82) is 0 Å². The van der Waals surface area contributed by atoms with Gasteiger partial charge in [-0.05, 0) is 62.1 Å². The van der Waals surface area contributed by atoms with Crippen LogP contribution in [0.5, 0.6) is 23.0 Å². The standard InChI is InChI=1S/C17H25NO8.C14H21NO8.C3H6O/c1-17(2)25-11-4-3-9(7-12(11)26-17)5-6-18-16(24)15(23)14(22)13(21)10(20)8-19;16-6-10(19)11(20)12(21)13(22)14(23)15-4-3-7-1-2-8(17)9(18)5-7;1-3(2)4/h3-4,7,10,13-15,19-23H,5-6,8H2,1-2H3,(H,18,24);1-2,5,10-13,16-22H,3-4,6H2,(H,15,23);1-2H3. The van der Waals surface area contributed by atoms with Crippen LogP contribution in [0.2, 0.25) is 0 Å². The number of benzene rings is 2. The molecular formula is C34H52N2O17. The summed E-state index contributed by atoms with van der Waals surface area (Å²) in [7, 11) is 0. The van der Waals surface area contributed by atoms with Crippen LogP contribution in [-0.2, 0) is 27.2 Å². The Morgan fingerprint density at radius 2 is 1.02 bits per heavy atom. The SMILES string of the molecule is CC(C)=O.CC1(C)Oc2ccc(CCNC(=O)C(O)C(O)C(O)C(O)CO)cc2O1.O=C(NCCc1ccc(O)c(O)c1)C(O)C(O)C(O)C(O)CO. The fourth-order valence-electron chi connectivity index (χ4n) is 4.37. The molecule has 19 nitrogen and oxygen atoms in total. The molecule has 53 heavy (non-hydrogen) atoms. The fraction of sp³-hybridized carbons (Fsp3) is 0.559. The summed E-state index contributed by atoms with van der Waals surface area (Å²) in [4.78, 5) is 32.9. The number of rotatable bonds is 16. The minimum absolute atomic E-state index is 0.0610. The molecule has 1 aliphatic rings. The maximum atomic E-state index is 11.8. The molecule has 0 aromatic heterocycles. The number of Topliss-reactive ketones (excluding diaryl/α,β-unsaturated/α-hetero) is 1. The maximum absolute atomic E-state index is 11.8. The van der Waals surface area contributed by atoms with E-state index < -0.39 is 79.6 Å². The lowest BCUT2D eigenvalue weighted by atomic mass is 10.0. The van der Waals surface area contributed by atoms with Crippen LogP contribution >= 0.6 is 0 Å². The number of carbonyl (C=O) groups excluding carboxylic acids is 3. The number of phenols is 2. The zero-order chi connectivity index (χ0) is 40.6. The van der Waals surface area contributed by atoms with Crippen molar-refractivity contribution in [2.75, 3.05) is 26.3 Å². The second-order valence-corrected chi connectivity index (χ2v) is 12.6. The van der Waals surface area contributed by atoms with E-state index in [1.807, 2.05) is 6.07 Å². The van der Waals surface area contributed by atoms with Crippen molar-refractivity contribution in [3.8, 4) is 23.0 Å². The number of aromatic hydroxyl groups is 2. The minimum Gasteiger partial charge on any atom is -0.504 e. The van der Waals surface area contributed by atoms with Crippen molar-refractivity contribution >= 4 is 17.6 Å². The summed E-state index contributed by atoms with van der Waals surface area (Å²) in [6.07, 6.45) is -14.2. The lowest BCUT2D eigenvalue weighted by Crippen LogP contribution is -2.51. The van der Waals surface area contributed by atoms with E-state index in [0.717, 1.165) is 5.56 Å². The molecule has 0 spiro atoms. The Balaban J connectivity index is 0.000000484. The van der Waals surface area contributed by atoms with Gasteiger partial charge in [-0.2, -0.15) is 0 Å². The molecule has 0 fully saturated rings. The maximum Gasteiger partial charge on any atom is 0.251 e. The summed E-state index contributed by atoms with van der Waals surface area (Å²) in [5.41, 5.74) is 1.49. The van der Waals surface area contributed by atoms with E-state index in [4.69, 9.17) is 29.9 Å². The highest BCUT2D eigenvalue weighted by atomic mass is 16.7. The van der Waals surface area contributed by atoms with E-state index in [-0.39, 0.29) is 36.8 Å². The Kier molecular flexibility index (Phi) is 19.6. The monoisotopic (exact) mass is 760 g/mol. The van der Waals surface area contributed by atoms with Crippen molar-refractivity contribution in [3.63, 3.8) is 0 Å². The highest BCUT2D eigenvalue weighted by Crippen LogP contribution is 2.39. The third-order valence-electron chi connectivity index (χ3n) is 7.23. The zero-order valence-corrected chi connectivity index (χ0v) is 29.7. The quantitative estimate of drug-likeness (QED) is 0.0727. The van der Waals surface area contributed by atoms with Crippen molar-refractivity contribution in [1.82, 2.24) is 10.6 Å². The first kappa shape index (κ1) is 46.9. The Hall–Kier alpha value is -4.15. The van der Waals surface area contributed by atoms with E-state index in [0.29, 0.717) is 23.5 Å². The summed E-state index contributed by atoms with van der Waals surface area (Å²) in [5.74, 6) is -1.75. The molecule has 2 aromatic rings. The third-order valence-corrected chi connectivity index (χ3v) is 7.23. The van der Waals surface area contributed by atoms with E-state index in [1.54, 1.807) is 26.0 Å². The lowest BCUT2D eigenvalue weighted by Gasteiger charge is -2.24. The molecule has 2 aromatic carbocycles. The summed E-state index contributed by atoms with van der Waals surface area (Å²) in [6, 6.07) is 9.53. The number of aliphatic hydroxyl groups excluding tert-OH is 10. The number of amides is 2. The number of ether oxygens (including phenoxy) is 2. The summed E-state index contributed by atoms with van der Waals surface area (Å²) in [5, 5.41) is 116. The first-order valence-electron chi connectivity index (χ1n) is 16.4. The van der Waals surface area contributed by atoms with Crippen molar-refractivity contribution in [3.05, 3.63) is 47.5 Å². The first-order valence-corrected chi connectivity index (χ1v) is 16.4. The first-order chi connectivity index (χ1) is 24.6. The van der Waals surface area contributed by atoms with Crippen LogP contribution in [0.15, 0.2) is 36.4 Å². The normalized spacial score (nSPS) is 17.2. The second-order valence-electron chi connectivity index (χ2n) is 12.6. The number of hydrogen-bond donors (Lipinski definition) is 14. The van der Waals surface area contributed by atoms with Gasteiger partial charge in [0.25, 0.3) is 11.8 Å².